The molecule has 2 aromatic rings. The van der Waals surface area contributed by atoms with Crippen LogP contribution >= 0.6 is 0 Å². The first-order valence-corrected chi connectivity index (χ1v) is 9.10. The minimum atomic E-state index is -1.32. The van der Waals surface area contributed by atoms with Crippen molar-refractivity contribution >= 4 is 21.6 Å². The normalized spacial score (nSPS) is 14.7. The largest absolute Gasteiger partial charge is 0.254 e. The van der Waals surface area contributed by atoms with Crippen LogP contribution in [0.4, 0.5) is 0 Å². The Bertz CT molecular complexity index is 683. The summed E-state index contributed by atoms with van der Waals surface area (Å²) in [6, 6.07) is 14.9. The fraction of sp³-hybridized carbons (Fsp3) is 0.294. The van der Waals surface area contributed by atoms with Crippen molar-refractivity contribution in [2.45, 2.75) is 47.1 Å². The molecule has 2 rings (SSSR count). The van der Waals surface area contributed by atoms with Crippen molar-refractivity contribution in [2.24, 2.45) is 0 Å². The van der Waals surface area contributed by atoms with E-state index in [1.54, 1.807) is 6.07 Å². The van der Waals surface area contributed by atoms with E-state index in [9.17, 15) is 8.42 Å². The van der Waals surface area contributed by atoms with Crippen LogP contribution in [0.25, 0.3) is 0 Å². The van der Waals surface area contributed by atoms with Crippen LogP contribution in [0, 0.1) is 6.92 Å². The highest BCUT2D eigenvalue weighted by molar-refractivity contribution is 7.89. The van der Waals surface area contributed by atoms with Gasteiger partial charge in [0, 0.05) is 9.64 Å². The van der Waals surface area contributed by atoms with Crippen molar-refractivity contribution in [1.82, 2.24) is 0 Å². The molecule has 2 nitrogen and oxygen atoms in total. The topological polar surface area (TPSA) is 34.1 Å². The smallest absolute Gasteiger partial charge is 0.0861 e. The molecule has 0 fully saturated rings. The average Bonchev–Trinajstić information content (AvgIpc) is 2.45. The maximum Gasteiger partial charge on any atom is 0.0861 e. The van der Waals surface area contributed by atoms with Gasteiger partial charge >= 0.3 is 0 Å². The van der Waals surface area contributed by atoms with E-state index in [-0.39, 0.29) is 4.75 Å². The van der Waals surface area contributed by atoms with Crippen molar-refractivity contribution in [2.75, 3.05) is 0 Å². The number of aryl methyl sites for hydroxylation is 1. The molecule has 0 radical (unpaired) electrons. The third-order valence-corrected chi connectivity index (χ3v) is 6.49. The van der Waals surface area contributed by atoms with E-state index in [1.807, 2.05) is 70.2 Å². The molecule has 0 amide bonds. The molecule has 0 spiro atoms. The van der Waals surface area contributed by atoms with Gasteiger partial charge in [0.15, 0.2) is 0 Å². The van der Waals surface area contributed by atoms with Crippen LogP contribution < -0.4 is 0 Å². The Labute approximate surface area is 131 Å². The van der Waals surface area contributed by atoms with Crippen molar-refractivity contribution in [1.29, 1.82) is 0 Å². The second-order valence-corrected chi connectivity index (χ2v) is 9.56. The minimum absolute atomic E-state index is 0.381. The summed E-state index contributed by atoms with van der Waals surface area (Å²) in [5, 5.41) is 0. The number of hydrogen-bond acceptors (Lipinski definition) is 2. The van der Waals surface area contributed by atoms with E-state index >= 15 is 0 Å². The van der Waals surface area contributed by atoms with Crippen LogP contribution in [-0.4, -0.2) is 13.2 Å². The monoisotopic (exact) mass is 320 g/mol. The molecule has 0 aliphatic carbocycles. The molecule has 0 bridgehead atoms. The molecular weight excluding hydrogens is 300 g/mol. The van der Waals surface area contributed by atoms with E-state index in [0.717, 1.165) is 10.5 Å². The summed E-state index contributed by atoms with van der Waals surface area (Å²) in [4.78, 5) is 2.03. The SMILES string of the molecule is Cc1ccc([S@](=O)c2ccccc2[S@](=O)C(C)(C)C)cc1. The molecule has 0 aliphatic heterocycles. The second-order valence-electron chi connectivity index (χ2n) is 5.91. The molecule has 0 saturated carbocycles. The summed E-state index contributed by atoms with van der Waals surface area (Å²) >= 11 is 0. The molecule has 0 unspecified atom stereocenters. The lowest BCUT2D eigenvalue weighted by Gasteiger charge is -2.19. The molecule has 0 aromatic heterocycles. The fourth-order valence-electron chi connectivity index (χ4n) is 1.88. The molecule has 0 N–H and O–H groups in total. The zero-order valence-corrected chi connectivity index (χ0v) is 14.4. The molecule has 2 aromatic carbocycles. The average molecular weight is 320 g/mol. The van der Waals surface area contributed by atoms with Gasteiger partial charge in [-0.1, -0.05) is 29.8 Å². The van der Waals surface area contributed by atoms with E-state index in [0.29, 0.717) is 9.79 Å². The van der Waals surface area contributed by atoms with Gasteiger partial charge in [-0.3, -0.25) is 4.21 Å². The van der Waals surface area contributed by atoms with E-state index in [2.05, 4.69) is 0 Å². The van der Waals surface area contributed by atoms with Crippen molar-refractivity contribution in [3.8, 4) is 0 Å². The van der Waals surface area contributed by atoms with Gasteiger partial charge in [0.1, 0.15) is 0 Å². The van der Waals surface area contributed by atoms with Gasteiger partial charge in [-0.25, -0.2) is 4.21 Å². The van der Waals surface area contributed by atoms with E-state index < -0.39 is 21.6 Å². The van der Waals surface area contributed by atoms with Gasteiger partial charge in [-0.05, 0) is 52.0 Å². The van der Waals surface area contributed by atoms with Gasteiger partial charge in [0.05, 0.1) is 31.4 Å². The lowest BCUT2D eigenvalue weighted by atomic mass is 10.2. The Morgan fingerprint density at radius 2 is 1.33 bits per heavy atom. The summed E-state index contributed by atoms with van der Waals surface area (Å²) < 4.78 is 25.1. The molecule has 0 aliphatic rings. The first-order valence-electron chi connectivity index (χ1n) is 6.80. The molecule has 2 atom stereocenters. The minimum Gasteiger partial charge on any atom is -0.254 e. The molecule has 0 heterocycles. The Kier molecular flexibility index (Phi) is 4.79. The molecule has 112 valence electrons. The summed E-state index contributed by atoms with van der Waals surface area (Å²) in [6.07, 6.45) is 0. The third kappa shape index (κ3) is 3.69. The highest BCUT2D eigenvalue weighted by Crippen LogP contribution is 2.28. The van der Waals surface area contributed by atoms with Crippen LogP contribution in [0.2, 0.25) is 0 Å². The Morgan fingerprint density at radius 1 is 0.810 bits per heavy atom. The lowest BCUT2D eigenvalue weighted by molar-refractivity contribution is 0.645. The van der Waals surface area contributed by atoms with E-state index in [4.69, 9.17) is 0 Å². The van der Waals surface area contributed by atoms with E-state index in [1.165, 1.54) is 0 Å². The van der Waals surface area contributed by atoms with Gasteiger partial charge < -0.3 is 0 Å². The van der Waals surface area contributed by atoms with Crippen molar-refractivity contribution in [3.63, 3.8) is 0 Å². The zero-order chi connectivity index (χ0) is 15.6. The van der Waals surface area contributed by atoms with Crippen molar-refractivity contribution in [3.05, 3.63) is 54.1 Å². The summed E-state index contributed by atoms with van der Waals surface area (Å²) in [6.45, 7) is 7.77. The Hall–Kier alpha value is -1.26. The highest BCUT2D eigenvalue weighted by atomic mass is 32.2. The Balaban J connectivity index is 2.47. The predicted octanol–water partition coefficient (Wildman–Crippen LogP) is 4.07. The predicted molar refractivity (Wildman–Crippen MR) is 88.5 cm³/mol. The van der Waals surface area contributed by atoms with Gasteiger partial charge in [0.2, 0.25) is 0 Å². The summed E-state index contributed by atoms with van der Waals surface area (Å²) in [7, 11) is -2.52. The van der Waals surface area contributed by atoms with Gasteiger partial charge in [-0.15, -0.1) is 0 Å². The van der Waals surface area contributed by atoms with Crippen LogP contribution in [0.15, 0.2) is 63.2 Å². The maximum absolute atomic E-state index is 12.8. The number of rotatable bonds is 3. The van der Waals surface area contributed by atoms with Crippen LogP contribution in [-0.2, 0) is 21.6 Å². The standard InChI is InChI=1S/C17H20O2S2/c1-13-9-11-14(12-10-13)20(18)15-7-5-6-8-16(15)21(19)17(2,3)4/h5-12H,1-4H3/t20-,21-/m0/s1. The van der Waals surface area contributed by atoms with Crippen LogP contribution in [0.3, 0.4) is 0 Å². The fourth-order valence-corrected chi connectivity index (χ4v) is 4.53. The molecular formula is C17H20O2S2. The summed E-state index contributed by atoms with van der Waals surface area (Å²) in [5.74, 6) is 0. The third-order valence-electron chi connectivity index (χ3n) is 3.04. The summed E-state index contributed by atoms with van der Waals surface area (Å²) in [5.41, 5.74) is 1.13. The second kappa shape index (κ2) is 6.24. The lowest BCUT2D eigenvalue weighted by Crippen LogP contribution is -2.22. The van der Waals surface area contributed by atoms with Gasteiger partial charge in [-0.2, -0.15) is 0 Å². The van der Waals surface area contributed by atoms with Crippen LogP contribution in [0.1, 0.15) is 26.3 Å². The molecule has 21 heavy (non-hydrogen) atoms. The maximum atomic E-state index is 12.8. The first kappa shape index (κ1) is 16.1. The number of hydrogen-bond donors (Lipinski definition) is 0. The molecule has 4 heteroatoms. The number of benzene rings is 2. The quantitative estimate of drug-likeness (QED) is 0.854. The first-order chi connectivity index (χ1) is 9.80. The highest BCUT2D eigenvalue weighted by Gasteiger charge is 2.25. The molecule has 0 saturated heterocycles. The van der Waals surface area contributed by atoms with Crippen LogP contribution in [0.5, 0.6) is 0 Å². The Morgan fingerprint density at radius 3 is 1.86 bits per heavy atom. The van der Waals surface area contributed by atoms with Gasteiger partial charge in [0.25, 0.3) is 0 Å². The van der Waals surface area contributed by atoms with Crippen molar-refractivity contribution < 1.29 is 8.42 Å². The zero-order valence-electron chi connectivity index (χ0n) is 12.8.